The summed E-state index contributed by atoms with van der Waals surface area (Å²) in [6, 6.07) is 20.9. The summed E-state index contributed by atoms with van der Waals surface area (Å²) in [5.41, 5.74) is 6.41. The Bertz CT molecular complexity index is 1210. The van der Waals surface area contributed by atoms with Crippen molar-refractivity contribution in [1.29, 1.82) is 0 Å². The van der Waals surface area contributed by atoms with Crippen LogP contribution < -0.4 is 10.6 Å². The van der Waals surface area contributed by atoms with Crippen molar-refractivity contribution in [3.05, 3.63) is 94.9 Å². The summed E-state index contributed by atoms with van der Waals surface area (Å²) >= 11 is 5.24. The molecule has 2 N–H and O–H groups in total. The van der Waals surface area contributed by atoms with Crippen LogP contribution in [0.15, 0.2) is 71.1 Å². The largest absolute Gasteiger partial charge is 0.440 e. The van der Waals surface area contributed by atoms with Crippen molar-refractivity contribution in [2.24, 2.45) is 0 Å². The zero-order valence-corrected chi connectivity index (χ0v) is 17.5. The van der Waals surface area contributed by atoms with E-state index in [9.17, 15) is 4.79 Å². The molecule has 0 aliphatic carbocycles. The Morgan fingerprint density at radius 2 is 1.77 bits per heavy atom. The fourth-order valence-electron chi connectivity index (χ4n) is 3.31. The molecule has 0 saturated carbocycles. The maximum atomic E-state index is 12.2. The topological polar surface area (TPSA) is 67.2 Å². The van der Waals surface area contributed by atoms with Crippen LogP contribution in [-0.4, -0.2) is 16.0 Å². The lowest BCUT2D eigenvalue weighted by Crippen LogP contribution is -2.34. The number of anilines is 1. The highest BCUT2D eigenvalue weighted by molar-refractivity contribution is 7.80. The van der Waals surface area contributed by atoms with Gasteiger partial charge in [-0.05, 0) is 73.1 Å². The van der Waals surface area contributed by atoms with Crippen LogP contribution in [0.4, 0.5) is 5.69 Å². The molecule has 1 aromatic heterocycles. The minimum atomic E-state index is -0.244. The van der Waals surface area contributed by atoms with Crippen LogP contribution in [0.5, 0.6) is 0 Å². The molecule has 150 valence electrons. The first-order chi connectivity index (χ1) is 14.5. The monoisotopic (exact) mass is 415 g/mol. The van der Waals surface area contributed by atoms with Crippen LogP contribution in [-0.2, 0) is 6.42 Å². The molecular weight excluding hydrogens is 394 g/mol. The van der Waals surface area contributed by atoms with Gasteiger partial charge in [0, 0.05) is 17.7 Å². The Morgan fingerprint density at radius 1 is 1.03 bits per heavy atom. The summed E-state index contributed by atoms with van der Waals surface area (Å²) < 4.78 is 5.94. The molecule has 0 spiro atoms. The number of aromatic nitrogens is 1. The molecule has 0 fully saturated rings. The zero-order valence-electron chi connectivity index (χ0n) is 16.7. The van der Waals surface area contributed by atoms with E-state index in [1.807, 2.05) is 55.5 Å². The molecule has 4 rings (SSSR count). The van der Waals surface area contributed by atoms with Gasteiger partial charge in [-0.15, -0.1) is 0 Å². The number of aryl methyl sites for hydroxylation is 2. The van der Waals surface area contributed by atoms with Gasteiger partial charge in [-0.3, -0.25) is 10.1 Å². The van der Waals surface area contributed by atoms with Gasteiger partial charge in [-0.1, -0.05) is 36.4 Å². The summed E-state index contributed by atoms with van der Waals surface area (Å²) in [7, 11) is 0. The number of hydrogen-bond acceptors (Lipinski definition) is 4. The highest BCUT2D eigenvalue weighted by Gasteiger charge is 2.10. The standard InChI is InChI=1S/C24H21N3O2S/c1-15-12-16(2)22-20(13-15)26-21(29-22)14-17-8-10-19(11-9-17)25-24(30)27-23(28)18-6-4-3-5-7-18/h3-13H,14H2,1-2H3,(H2,25,27,28,30). The number of thiocarbonyl (C=S) groups is 1. The lowest BCUT2D eigenvalue weighted by atomic mass is 10.1. The first-order valence-electron chi connectivity index (χ1n) is 9.61. The molecule has 1 heterocycles. The maximum absolute atomic E-state index is 12.2. The second-order valence-electron chi connectivity index (χ2n) is 7.19. The van der Waals surface area contributed by atoms with Gasteiger partial charge in [-0.25, -0.2) is 4.98 Å². The molecule has 0 aliphatic heterocycles. The van der Waals surface area contributed by atoms with Crippen LogP contribution in [0.2, 0.25) is 0 Å². The highest BCUT2D eigenvalue weighted by atomic mass is 32.1. The molecule has 30 heavy (non-hydrogen) atoms. The Balaban J connectivity index is 1.39. The first kappa shape index (κ1) is 19.8. The minimum Gasteiger partial charge on any atom is -0.440 e. The van der Waals surface area contributed by atoms with Gasteiger partial charge < -0.3 is 9.73 Å². The molecule has 4 aromatic rings. The molecule has 6 heteroatoms. The van der Waals surface area contributed by atoms with Gasteiger partial charge in [0.2, 0.25) is 0 Å². The molecule has 1 amide bonds. The summed E-state index contributed by atoms with van der Waals surface area (Å²) in [6.07, 6.45) is 0.600. The zero-order chi connectivity index (χ0) is 21.1. The molecule has 0 bridgehead atoms. The Morgan fingerprint density at radius 3 is 2.50 bits per heavy atom. The Hall–Kier alpha value is -3.51. The Kier molecular flexibility index (Phi) is 5.59. The van der Waals surface area contributed by atoms with E-state index in [-0.39, 0.29) is 11.0 Å². The summed E-state index contributed by atoms with van der Waals surface area (Å²) in [5.74, 6) is 0.441. The van der Waals surface area contributed by atoms with Crippen molar-refractivity contribution in [3.63, 3.8) is 0 Å². The molecule has 3 aromatic carbocycles. The fraction of sp³-hybridized carbons (Fsp3) is 0.125. The number of carbonyl (C=O) groups excluding carboxylic acids is 1. The first-order valence-corrected chi connectivity index (χ1v) is 10.0. The van der Waals surface area contributed by atoms with E-state index in [2.05, 4.69) is 28.6 Å². The van der Waals surface area contributed by atoms with Crippen molar-refractivity contribution >= 4 is 40.0 Å². The van der Waals surface area contributed by atoms with Crippen molar-refractivity contribution in [1.82, 2.24) is 10.3 Å². The summed E-state index contributed by atoms with van der Waals surface area (Å²) in [4.78, 5) is 16.8. The van der Waals surface area contributed by atoms with E-state index in [1.54, 1.807) is 12.1 Å². The summed E-state index contributed by atoms with van der Waals surface area (Å²) in [5, 5.41) is 5.96. The maximum Gasteiger partial charge on any atom is 0.257 e. The van der Waals surface area contributed by atoms with Crippen LogP contribution >= 0.6 is 12.2 Å². The number of amides is 1. The Labute approximate surface area is 180 Å². The van der Waals surface area contributed by atoms with Crippen molar-refractivity contribution in [2.45, 2.75) is 20.3 Å². The van der Waals surface area contributed by atoms with E-state index in [0.717, 1.165) is 27.9 Å². The molecule has 0 saturated heterocycles. The lowest BCUT2D eigenvalue weighted by Gasteiger charge is -2.10. The SMILES string of the molecule is Cc1cc(C)c2oc(Cc3ccc(NC(=S)NC(=O)c4ccccc4)cc3)nc2c1. The number of hydrogen-bond donors (Lipinski definition) is 2. The number of rotatable bonds is 4. The minimum absolute atomic E-state index is 0.244. The smallest absolute Gasteiger partial charge is 0.257 e. The average Bonchev–Trinajstić information content (AvgIpc) is 3.12. The second kappa shape index (κ2) is 8.47. The lowest BCUT2D eigenvalue weighted by molar-refractivity contribution is 0.0977. The van der Waals surface area contributed by atoms with Crippen molar-refractivity contribution < 1.29 is 9.21 Å². The quantitative estimate of drug-likeness (QED) is 0.451. The van der Waals surface area contributed by atoms with Gasteiger partial charge in [0.15, 0.2) is 16.6 Å². The van der Waals surface area contributed by atoms with E-state index in [0.29, 0.717) is 17.9 Å². The van der Waals surface area contributed by atoms with Crippen LogP contribution in [0.3, 0.4) is 0 Å². The van der Waals surface area contributed by atoms with E-state index in [1.165, 1.54) is 5.56 Å². The van der Waals surface area contributed by atoms with Gasteiger partial charge in [-0.2, -0.15) is 0 Å². The normalized spacial score (nSPS) is 10.7. The average molecular weight is 416 g/mol. The molecule has 0 radical (unpaired) electrons. The summed E-state index contributed by atoms with van der Waals surface area (Å²) in [6.45, 7) is 4.09. The molecule has 0 unspecified atom stereocenters. The number of benzene rings is 3. The van der Waals surface area contributed by atoms with Gasteiger partial charge in [0.25, 0.3) is 5.91 Å². The van der Waals surface area contributed by atoms with E-state index >= 15 is 0 Å². The molecule has 5 nitrogen and oxygen atoms in total. The number of oxazole rings is 1. The van der Waals surface area contributed by atoms with Crippen LogP contribution in [0.25, 0.3) is 11.1 Å². The number of carbonyl (C=O) groups is 1. The van der Waals surface area contributed by atoms with Gasteiger partial charge in [0.05, 0.1) is 0 Å². The molecule has 0 aliphatic rings. The fourth-order valence-corrected chi connectivity index (χ4v) is 3.52. The predicted octanol–water partition coefficient (Wildman–Crippen LogP) is 5.16. The third-order valence-corrected chi connectivity index (χ3v) is 4.90. The van der Waals surface area contributed by atoms with Crippen LogP contribution in [0.1, 0.15) is 32.9 Å². The highest BCUT2D eigenvalue weighted by Crippen LogP contribution is 2.23. The molecular formula is C24H21N3O2S. The predicted molar refractivity (Wildman–Crippen MR) is 123 cm³/mol. The van der Waals surface area contributed by atoms with Crippen LogP contribution in [0, 0.1) is 13.8 Å². The van der Waals surface area contributed by atoms with Gasteiger partial charge >= 0.3 is 0 Å². The third kappa shape index (κ3) is 4.55. The number of fused-ring (bicyclic) bond motifs is 1. The van der Waals surface area contributed by atoms with E-state index < -0.39 is 0 Å². The third-order valence-electron chi connectivity index (χ3n) is 4.69. The van der Waals surface area contributed by atoms with Crippen molar-refractivity contribution in [2.75, 3.05) is 5.32 Å². The van der Waals surface area contributed by atoms with Crippen molar-refractivity contribution in [3.8, 4) is 0 Å². The number of nitrogens with zero attached hydrogens (tertiary/aromatic N) is 1. The number of nitrogens with one attached hydrogen (secondary N) is 2. The molecule has 0 atom stereocenters. The second-order valence-corrected chi connectivity index (χ2v) is 7.59. The van der Waals surface area contributed by atoms with Gasteiger partial charge in [0.1, 0.15) is 5.52 Å². The van der Waals surface area contributed by atoms with E-state index in [4.69, 9.17) is 16.6 Å².